The smallest absolute Gasteiger partial charge is 0.229 e. The van der Waals surface area contributed by atoms with Crippen LogP contribution in [0.15, 0.2) is 24.4 Å². The van der Waals surface area contributed by atoms with Crippen LogP contribution in [0.4, 0.5) is 0 Å². The first-order chi connectivity index (χ1) is 10.5. The van der Waals surface area contributed by atoms with Crippen molar-refractivity contribution in [2.75, 3.05) is 6.61 Å². The summed E-state index contributed by atoms with van der Waals surface area (Å²) in [4.78, 5) is 2.97. The van der Waals surface area contributed by atoms with Crippen LogP contribution in [0.1, 0.15) is 0 Å². The molecule has 0 unspecified atom stereocenters. The maximum Gasteiger partial charge on any atom is 0.229 e. The van der Waals surface area contributed by atoms with E-state index in [1.165, 1.54) is 0 Å². The van der Waals surface area contributed by atoms with Crippen LogP contribution >= 0.6 is 11.6 Å². The molecular formula is C14H16ClNO6. The molecule has 0 aliphatic carbocycles. The predicted molar refractivity (Wildman–Crippen MR) is 77.7 cm³/mol. The Morgan fingerprint density at radius 2 is 1.95 bits per heavy atom. The third-order valence-electron chi connectivity index (χ3n) is 3.70. The number of fused-ring (bicyclic) bond motifs is 1. The standard InChI is InChI=1S/C14H16ClNO6/c15-6-1-2-7-8(3-6)16-4-9(7)21-14-13(20)12(19)11(18)10(5-17)22-14/h1-4,10-14,16-20H,5H2/t10-,11+,12-,13+,14+/m1/s1. The van der Waals surface area contributed by atoms with E-state index in [1.54, 1.807) is 24.4 Å². The van der Waals surface area contributed by atoms with Crippen molar-refractivity contribution in [3.05, 3.63) is 29.4 Å². The molecule has 7 nitrogen and oxygen atoms in total. The summed E-state index contributed by atoms with van der Waals surface area (Å²) in [6.07, 6.45) is -5.00. The van der Waals surface area contributed by atoms with Crippen LogP contribution in [-0.4, -0.2) is 62.7 Å². The van der Waals surface area contributed by atoms with Crippen LogP contribution in [0, 0.1) is 0 Å². The Balaban J connectivity index is 1.84. The van der Waals surface area contributed by atoms with Gasteiger partial charge in [-0.05, 0) is 18.2 Å². The quantitative estimate of drug-likeness (QED) is 0.541. The molecule has 1 fully saturated rings. The van der Waals surface area contributed by atoms with Crippen LogP contribution in [0.5, 0.6) is 5.75 Å². The second-order valence-electron chi connectivity index (χ2n) is 5.16. The summed E-state index contributed by atoms with van der Waals surface area (Å²) >= 11 is 5.90. The number of aromatic amines is 1. The molecule has 1 aliphatic heterocycles. The van der Waals surface area contributed by atoms with Gasteiger partial charge < -0.3 is 34.9 Å². The second-order valence-corrected chi connectivity index (χ2v) is 5.59. The van der Waals surface area contributed by atoms with Gasteiger partial charge in [-0.2, -0.15) is 0 Å². The molecular weight excluding hydrogens is 314 g/mol. The molecule has 2 heterocycles. The third-order valence-corrected chi connectivity index (χ3v) is 3.93. The summed E-state index contributed by atoms with van der Waals surface area (Å²) < 4.78 is 10.9. The number of aliphatic hydroxyl groups is 4. The van der Waals surface area contributed by atoms with Crippen LogP contribution in [0.25, 0.3) is 10.9 Å². The number of nitrogens with one attached hydrogen (secondary N) is 1. The summed E-state index contributed by atoms with van der Waals surface area (Å²) in [6.45, 7) is -0.506. The number of hydrogen-bond acceptors (Lipinski definition) is 6. The van der Waals surface area contributed by atoms with E-state index in [0.29, 0.717) is 10.8 Å². The number of aromatic nitrogens is 1. The lowest BCUT2D eigenvalue weighted by molar-refractivity contribution is -0.277. The molecule has 5 atom stereocenters. The van der Waals surface area contributed by atoms with Crippen LogP contribution in [0.2, 0.25) is 5.02 Å². The van der Waals surface area contributed by atoms with E-state index in [9.17, 15) is 15.3 Å². The molecule has 0 radical (unpaired) electrons. The van der Waals surface area contributed by atoms with Gasteiger partial charge in [-0.25, -0.2) is 0 Å². The topological polar surface area (TPSA) is 115 Å². The molecule has 0 amide bonds. The van der Waals surface area contributed by atoms with E-state index in [1.807, 2.05) is 0 Å². The molecule has 1 aliphatic rings. The number of ether oxygens (including phenoxy) is 2. The molecule has 0 spiro atoms. The minimum absolute atomic E-state index is 0.399. The minimum atomic E-state index is -1.48. The normalized spacial score (nSPS) is 32.3. The number of hydrogen-bond donors (Lipinski definition) is 5. The summed E-state index contributed by atoms with van der Waals surface area (Å²) in [5, 5.41) is 39.9. The fourth-order valence-electron chi connectivity index (χ4n) is 2.46. The molecule has 120 valence electrons. The van der Waals surface area contributed by atoms with Crippen LogP contribution in [-0.2, 0) is 4.74 Å². The number of halogens is 1. The molecule has 0 saturated carbocycles. The largest absolute Gasteiger partial charge is 0.460 e. The third kappa shape index (κ3) is 2.67. The number of rotatable bonds is 3. The lowest BCUT2D eigenvalue weighted by atomic mass is 9.99. The summed E-state index contributed by atoms with van der Waals surface area (Å²) in [6, 6.07) is 5.16. The maximum absolute atomic E-state index is 9.96. The lowest BCUT2D eigenvalue weighted by Crippen LogP contribution is -2.60. The summed E-state index contributed by atoms with van der Waals surface area (Å²) in [5.74, 6) is 0.399. The van der Waals surface area contributed by atoms with Crippen molar-refractivity contribution in [1.82, 2.24) is 4.98 Å². The van der Waals surface area contributed by atoms with E-state index in [2.05, 4.69) is 4.98 Å². The highest BCUT2D eigenvalue weighted by molar-refractivity contribution is 6.31. The summed E-state index contributed by atoms with van der Waals surface area (Å²) in [7, 11) is 0. The first-order valence-corrected chi connectivity index (χ1v) is 7.13. The zero-order valence-electron chi connectivity index (χ0n) is 11.4. The molecule has 2 aromatic rings. The van der Waals surface area contributed by atoms with Gasteiger partial charge in [-0.3, -0.25) is 0 Å². The average Bonchev–Trinajstić information content (AvgIpc) is 2.90. The van der Waals surface area contributed by atoms with Gasteiger partial charge in [-0.15, -0.1) is 0 Å². The second kappa shape index (κ2) is 6.04. The maximum atomic E-state index is 9.96. The molecule has 1 aromatic heterocycles. The molecule has 0 bridgehead atoms. The van der Waals surface area contributed by atoms with Crippen molar-refractivity contribution in [3.8, 4) is 5.75 Å². The minimum Gasteiger partial charge on any atom is -0.460 e. The van der Waals surface area contributed by atoms with E-state index in [-0.39, 0.29) is 0 Å². The first-order valence-electron chi connectivity index (χ1n) is 6.75. The van der Waals surface area contributed by atoms with Gasteiger partial charge in [0.25, 0.3) is 0 Å². The van der Waals surface area contributed by atoms with Gasteiger partial charge in [0.2, 0.25) is 6.29 Å². The first kappa shape index (κ1) is 15.5. The monoisotopic (exact) mass is 329 g/mol. The van der Waals surface area contributed by atoms with E-state index < -0.39 is 37.3 Å². The Kier molecular flexibility index (Phi) is 4.26. The van der Waals surface area contributed by atoms with Gasteiger partial charge in [0.1, 0.15) is 30.2 Å². The van der Waals surface area contributed by atoms with Crippen molar-refractivity contribution >= 4 is 22.5 Å². The molecule has 5 N–H and O–H groups in total. The lowest BCUT2D eigenvalue weighted by Gasteiger charge is -2.39. The Morgan fingerprint density at radius 3 is 2.68 bits per heavy atom. The van der Waals surface area contributed by atoms with Crippen molar-refractivity contribution in [1.29, 1.82) is 0 Å². The molecule has 1 saturated heterocycles. The number of H-pyrrole nitrogens is 1. The van der Waals surface area contributed by atoms with Gasteiger partial charge in [0.05, 0.1) is 12.1 Å². The van der Waals surface area contributed by atoms with Gasteiger partial charge in [0.15, 0.2) is 0 Å². The van der Waals surface area contributed by atoms with Gasteiger partial charge >= 0.3 is 0 Å². The van der Waals surface area contributed by atoms with Crippen molar-refractivity contribution in [3.63, 3.8) is 0 Å². The molecule has 22 heavy (non-hydrogen) atoms. The van der Waals surface area contributed by atoms with E-state index in [4.69, 9.17) is 26.2 Å². The fraction of sp³-hybridized carbons (Fsp3) is 0.429. The van der Waals surface area contributed by atoms with Crippen molar-refractivity contribution < 1.29 is 29.9 Å². The zero-order valence-corrected chi connectivity index (χ0v) is 12.1. The van der Waals surface area contributed by atoms with Crippen LogP contribution < -0.4 is 4.74 Å². The summed E-state index contributed by atoms with van der Waals surface area (Å²) in [5.41, 5.74) is 0.743. The fourth-order valence-corrected chi connectivity index (χ4v) is 2.63. The van der Waals surface area contributed by atoms with Crippen molar-refractivity contribution in [2.24, 2.45) is 0 Å². The number of aliphatic hydroxyl groups excluding tert-OH is 4. The molecule has 1 aromatic carbocycles. The SMILES string of the molecule is OC[C@H]1O[C@H](Oc2c[nH]c3cc(Cl)ccc23)[C@@H](O)[C@H](O)[C@H]1O. The van der Waals surface area contributed by atoms with Crippen molar-refractivity contribution in [2.45, 2.75) is 30.7 Å². The highest BCUT2D eigenvalue weighted by atomic mass is 35.5. The predicted octanol–water partition coefficient (Wildman–Crippen LogP) is -0.000000000000000278. The van der Waals surface area contributed by atoms with E-state index >= 15 is 0 Å². The Bertz CT molecular complexity index is 660. The van der Waals surface area contributed by atoms with Gasteiger partial charge in [-0.1, -0.05) is 11.6 Å². The van der Waals surface area contributed by atoms with E-state index in [0.717, 1.165) is 10.9 Å². The number of benzene rings is 1. The molecule has 3 rings (SSSR count). The Hall–Kier alpha value is -1.35. The zero-order chi connectivity index (χ0) is 15.9. The van der Waals surface area contributed by atoms with Gasteiger partial charge in [0, 0.05) is 16.6 Å². The highest BCUT2D eigenvalue weighted by Gasteiger charge is 2.44. The highest BCUT2D eigenvalue weighted by Crippen LogP contribution is 2.31. The average molecular weight is 330 g/mol. The Labute approximate surface area is 130 Å². The molecule has 8 heteroatoms. The van der Waals surface area contributed by atoms with Crippen LogP contribution in [0.3, 0.4) is 0 Å². The Morgan fingerprint density at radius 1 is 1.18 bits per heavy atom.